The molecule has 0 aromatic heterocycles. The lowest BCUT2D eigenvalue weighted by Gasteiger charge is -2.22. The zero-order valence-corrected chi connectivity index (χ0v) is 11.6. The molecular weight excluding hydrogens is 255 g/mol. The summed E-state index contributed by atoms with van der Waals surface area (Å²) in [6.07, 6.45) is 0. The molecule has 1 rings (SSSR count). The SMILES string of the molecule is CC(C)(C)NS(=O)(=O)C[C@H](N)c1ccc(F)cc1. The number of sulfonamides is 1. The van der Waals surface area contributed by atoms with Crippen LogP contribution in [0.3, 0.4) is 0 Å². The fourth-order valence-electron chi connectivity index (χ4n) is 1.55. The van der Waals surface area contributed by atoms with Gasteiger partial charge in [-0.3, -0.25) is 0 Å². The lowest BCUT2D eigenvalue weighted by molar-refractivity contribution is 0.489. The van der Waals surface area contributed by atoms with E-state index in [9.17, 15) is 12.8 Å². The smallest absolute Gasteiger partial charge is 0.213 e. The van der Waals surface area contributed by atoms with E-state index in [2.05, 4.69) is 4.72 Å². The fraction of sp³-hybridized carbons (Fsp3) is 0.500. The Kier molecular flexibility index (Phi) is 4.47. The summed E-state index contributed by atoms with van der Waals surface area (Å²) < 4.78 is 38.9. The van der Waals surface area contributed by atoms with Crippen LogP contribution in [0.4, 0.5) is 4.39 Å². The van der Waals surface area contributed by atoms with E-state index < -0.39 is 21.6 Å². The number of benzene rings is 1. The molecule has 0 aliphatic carbocycles. The molecule has 0 amide bonds. The van der Waals surface area contributed by atoms with Gasteiger partial charge >= 0.3 is 0 Å². The Balaban J connectivity index is 2.76. The predicted molar refractivity (Wildman–Crippen MR) is 70.0 cm³/mol. The standard InChI is InChI=1S/C12H19FN2O2S/c1-12(2,3)15-18(16,17)8-11(14)9-4-6-10(13)7-5-9/h4-7,11,15H,8,14H2,1-3H3/t11-/m0/s1. The largest absolute Gasteiger partial charge is 0.323 e. The van der Waals surface area contributed by atoms with Crippen molar-refractivity contribution >= 4 is 10.0 Å². The van der Waals surface area contributed by atoms with Crippen molar-refractivity contribution < 1.29 is 12.8 Å². The van der Waals surface area contributed by atoms with Crippen molar-refractivity contribution in [2.75, 3.05) is 5.75 Å². The highest BCUT2D eigenvalue weighted by Gasteiger charge is 2.23. The highest BCUT2D eigenvalue weighted by molar-refractivity contribution is 7.89. The van der Waals surface area contributed by atoms with Gasteiger partial charge in [0.25, 0.3) is 0 Å². The van der Waals surface area contributed by atoms with Crippen LogP contribution in [0.25, 0.3) is 0 Å². The summed E-state index contributed by atoms with van der Waals surface area (Å²) in [4.78, 5) is 0. The molecule has 0 aliphatic rings. The summed E-state index contributed by atoms with van der Waals surface area (Å²) in [5.41, 5.74) is 5.86. The molecule has 0 spiro atoms. The van der Waals surface area contributed by atoms with E-state index in [0.29, 0.717) is 5.56 Å². The Morgan fingerprint density at radius 1 is 1.28 bits per heavy atom. The highest BCUT2D eigenvalue weighted by atomic mass is 32.2. The first-order chi connectivity index (χ1) is 8.09. The van der Waals surface area contributed by atoms with Crippen LogP contribution in [0.5, 0.6) is 0 Å². The summed E-state index contributed by atoms with van der Waals surface area (Å²) in [5.74, 6) is -0.600. The highest BCUT2D eigenvalue weighted by Crippen LogP contribution is 2.14. The second-order valence-electron chi connectivity index (χ2n) is 5.29. The van der Waals surface area contributed by atoms with Crippen LogP contribution in [0.1, 0.15) is 32.4 Å². The minimum absolute atomic E-state index is 0.226. The topological polar surface area (TPSA) is 72.2 Å². The molecule has 0 unspecified atom stereocenters. The maximum Gasteiger partial charge on any atom is 0.213 e. The van der Waals surface area contributed by atoms with Crippen LogP contribution >= 0.6 is 0 Å². The normalized spacial score (nSPS) is 14.5. The lowest BCUT2D eigenvalue weighted by Crippen LogP contribution is -2.43. The van der Waals surface area contributed by atoms with E-state index in [1.54, 1.807) is 20.8 Å². The number of nitrogens with two attached hydrogens (primary N) is 1. The van der Waals surface area contributed by atoms with Crippen molar-refractivity contribution in [3.8, 4) is 0 Å². The van der Waals surface area contributed by atoms with Gasteiger partial charge < -0.3 is 5.73 Å². The molecule has 1 aromatic carbocycles. The maximum absolute atomic E-state index is 12.7. The van der Waals surface area contributed by atoms with Gasteiger partial charge in [-0.15, -0.1) is 0 Å². The van der Waals surface area contributed by atoms with Crippen LogP contribution in [-0.2, 0) is 10.0 Å². The molecule has 4 nitrogen and oxygen atoms in total. The minimum atomic E-state index is -3.47. The van der Waals surface area contributed by atoms with Crippen molar-refractivity contribution in [2.45, 2.75) is 32.4 Å². The van der Waals surface area contributed by atoms with Gasteiger partial charge in [0.1, 0.15) is 5.82 Å². The summed E-state index contributed by atoms with van der Waals surface area (Å²) in [6.45, 7) is 5.27. The summed E-state index contributed by atoms with van der Waals surface area (Å²) in [6, 6.07) is 4.84. The average molecular weight is 274 g/mol. The van der Waals surface area contributed by atoms with Crippen molar-refractivity contribution in [3.63, 3.8) is 0 Å². The summed E-state index contributed by atoms with van der Waals surface area (Å²) >= 11 is 0. The molecule has 0 saturated carbocycles. The molecule has 0 fully saturated rings. The second-order valence-corrected chi connectivity index (χ2v) is 7.06. The molecule has 18 heavy (non-hydrogen) atoms. The third kappa shape index (κ3) is 5.12. The number of nitrogens with one attached hydrogen (secondary N) is 1. The van der Waals surface area contributed by atoms with Crippen molar-refractivity contribution in [1.82, 2.24) is 4.72 Å². The molecule has 0 bridgehead atoms. The van der Waals surface area contributed by atoms with Crippen LogP contribution < -0.4 is 10.5 Å². The molecule has 1 aromatic rings. The molecule has 102 valence electrons. The number of hydrogen-bond donors (Lipinski definition) is 2. The quantitative estimate of drug-likeness (QED) is 0.875. The van der Waals surface area contributed by atoms with Crippen LogP contribution in [0.2, 0.25) is 0 Å². The Morgan fingerprint density at radius 2 is 1.78 bits per heavy atom. The van der Waals surface area contributed by atoms with Crippen molar-refractivity contribution in [2.24, 2.45) is 5.73 Å². The molecular formula is C12H19FN2O2S. The van der Waals surface area contributed by atoms with Gasteiger partial charge in [-0.25, -0.2) is 17.5 Å². The van der Waals surface area contributed by atoms with Crippen molar-refractivity contribution in [1.29, 1.82) is 0 Å². The zero-order valence-electron chi connectivity index (χ0n) is 10.8. The van der Waals surface area contributed by atoms with Gasteiger partial charge in [-0.1, -0.05) is 12.1 Å². The lowest BCUT2D eigenvalue weighted by atomic mass is 10.1. The van der Waals surface area contributed by atoms with E-state index in [4.69, 9.17) is 5.73 Å². The molecule has 0 heterocycles. The molecule has 3 N–H and O–H groups in total. The summed E-state index contributed by atoms with van der Waals surface area (Å²) in [7, 11) is -3.47. The van der Waals surface area contributed by atoms with Crippen LogP contribution in [-0.4, -0.2) is 19.7 Å². The van der Waals surface area contributed by atoms with E-state index >= 15 is 0 Å². The Hall–Kier alpha value is -0.980. The van der Waals surface area contributed by atoms with E-state index in [1.807, 2.05) is 0 Å². The molecule has 6 heteroatoms. The Labute approximate surface area is 107 Å². The maximum atomic E-state index is 12.7. The van der Waals surface area contributed by atoms with E-state index in [1.165, 1.54) is 24.3 Å². The predicted octanol–water partition coefficient (Wildman–Crippen LogP) is 1.54. The number of rotatable bonds is 4. The van der Waals surface area contributed by atoms with Crippen LogP contribution in [0, 0.1) is 5.82 Å². The van der Waals surface area contributed by atoms with Gasteiger partial charge in [-0.05, 0) is 38.5 Å². The monoisotopic (exact) mass is 274 g/mol. The first-order valence-corrected chi connectivity index (χ1v) is 7.27. The third-order valence-electron chi connectivity index (χ3n) is 2.16. The molecule has 0 aliphatic heterocycles. The first-order valence-electron chi connectivity index (χ1n) is 5.62. The Bertz CT molecular complexity index is 492. The number of hydrogen-bond acceptors (Lipinski definition) is 3. The number of halogens is 1. The van der Waals surface area contributed by atoms with Gasteiger partial charge in [-0.2, -0.15) is 0 Å². The van der Waals surface area contributed by atoms with E-state index in [-0.39, 0.29) is 11.6 Å². The first kappa shape index (κ1) is 15.1. The summed E-state index contributed by atoms with van der Waals surface area (Å²) in [5, 5.41) is 0. The van der Waals surface area contributed by atoms with Crippen molar-refractivity contribution in [3.05, 3.63) is 35.6 Å². The minimum Gasteiger partial charge on any atom is -0.323 e. The Morgan fingerprint density at radius 3 is 2.22 bits per heavy atom. The fourth-order valence-corrected chi connectivity index (χ4v) is 3.23. The zero-order chi connectivity index (χ0) is 14.0. The van der Waals surface area contributed by atoms with Gasteiger partial charge in [0, 0.05) is 11.6 Å². The second kappa shape index (κ2) is 5.34. The van der Waals surface area contributed by atoms with Gasteiger partial charge in [0.15, 0.2) is 0 Å². The molecule has 0 saturated heterocycles. The van der Waals surface area contributed by atoms with Gasteiger partial charge in [0.05, 0.1) is 5.75 Å². The van der Waals surface area contributed by atoms with Crippen LogP contribution in [0.15, 0.2) is 24.3 Å². The molecule has 1 atom stereocenters. The third-order valence-corrected chi connectivity index (χ3v) is 3.88. The van der Waals surface area contributed by atoms with Gasteiger partial charge in [0.2, 0.25) is 10.0 Å². The van der Waals surface area contributed by atoms with E-state index in [0.717, 1.165) is 0 Å². The molecule has 0 radical (unpaired) electrons. The average Bonchev–Trinajstić information content (AvgIpc) is 2.13.